The van der Waals surface area contributed by atoms with Gasteiger partial charge >= 0.3 is 6.40 Å². The van der Waals surface area contributed by atoms with Gasteiger partial charge in [-0.3, -0.25) is 0 Å². The molecular weight excluding hydrogens is 204 g/mol. The molecule has 0 aromatic rings. The normalized spacial score (nSPS) is 43.9. The first-order valence-electron chi connectivity index (χ1n) is 6.06. The van der Waals surface area contributed by atoms with Crippen LogP contribution in [-0.4, -0.2) is 44.8 Å². The van der Waals surface area contributed by atoms with E-state index >= 15 is 0 Å². The zero-order chi connectivity index (χ0) is 12.6. The second-order valence-corrected chi connectivity index (χ2v) is 5.32. The van der Waals surface area contributed by atoms with E-state index in [2.05, 4.69) is 0 Å². The lowest BCUT2D eigenvalue weighted by Crippen LogP contribution is -2.70. The van der Waals surface area contributed by atoms with Crippen LogP contribution in [0.1, 0.15) is 47.5 Å². The minimum Gasteiger partial charge on any atom is -0.466 e. The Bertz CT molecular complexity index is 293. The van der Waals surface area contributed by atoms with Crippen molar-refractivity contribution >= 4 is 6.40 Å². The van der Waals surface area contributed by atoms with Crippen molar-refractivity contribution in [1.29, 1.82) is 0 Å². The van der Waals surface area contributed by atoms with E-state index in [1.165, 1.54) is 5.06 Å². The van der Waals surface area contributed by atoms with Crippen LogP contribution in [0.2, 0.25) is 0 Å². The molecule has 3 unspecified atom stereocenters. The number of hydroxylamine groups is 2. The smallest absolute Gasteiger partial charge is 0.321 e. The summed E-state index contributed by atoms with van der Waals surface area (Å²) in [6.45, 7) is 10.6. The van der Waals surface area contributed by atoms with Crippen molar-refractivity contribution in [3.05, 3.63) is 0 Å². The van der Waals surface area contributed by atoms with Crippen LogP contribution in [0.4, 0.5) is 0 Å². The monoisotopic (exact) mass is 228 g/mol. The van der Waals surface area contributed by atoms with E-state index in [1.54, 1.807) is 0 Å². The summed E-state index contributed by atoms with van der Waals surface area (Å²) in [5.41, 5.74) is -0.862. The molecule has 0 aromatic heterocycles. The fourth-order valence-electron chi connectivity index (χ4n) is 2.57. The largest absolute Gasteiger partial charge is 0.466 e. The molecule has 1 aliphatic rings. The topological polar surface area (TPSA) is 46.4 Å². The molecule has 1 N–H and O–H groups in total. The van der Waals surface area contributed by atoms with Crippen LogP contribution in [0.3, 0.4) is 0 Å². The van der Waals surface area contributed by atoms with Crippen molar-refractivity contribution in [1.82, 2.24) is 5.06 Å². The molecule has 4 nitrogen and oxygen atoms in total. The first-order valence-corrected chi connectivity index (χ1v) is 6.06. The number of piperazine rings is 1. The van der Waals surface area contributed by atoms with Gasteiger partial charge in [0.25, 0.3) is 0 Å². The molecule has 1 saturated heterocycles. The maximum absolute atomic E-state index is 12.5. The minimum atomic E-state index is -0.442. The van der Waals surface area contributed by atoms with Gasteiger partial charge in [0, 0.05) is 0 Å². The van der Waals surface area contributed by atoms with Gasteiger partial charge in [0.05, 0.1) is 0 Å². The second kappa shape index (κ2) is 4.34. The van der Waals surface area contributed by atoms with E-state index in [4.69, 9.17) is 0 Å². The molecule has 0 bridgehead atoms. The molecule has 1 radical (unpaired) electrons. The standard InChI is InChI=1S/C12H23N2O2/c1-6-11(4)8-13(9-15)10(3)12(5,7-2)14(11)16/h9-10H,6-8H2,1-5H3/p+1. The molecule has 1 fully saturated rings. The predicted molar refractivity (Wildman–Crippen MR) is 63.2 cm³/mol. The highest BCUT2D eigenvalue weighted by molar-refractivity contribution is 5.36. The first-order chi connectivity index (χ1) is 7.35. The van der Waals surface area contributed by atoms with E-state index in [9.17, 15) is 10.3 Å². The van der Waals surface area contributed by atoms with Crippen LogP contribution < -0.4 is 0 Å². The zero-order valence-corrected chi connectivity index (χ0v) is 11.0. The van der Waals surface area contributed by atoms with Gasteiger partial charge in [0.15, 0.2) is 12.6 Å². The summed E-state index contributed by atoms with van der Waals surface area (Å²) < 4.78 is 1.88. The molecule has 0 amide bonds. The molecule has 1 rings (SSSR count). The Morgan fingerprint density at radius 3 is 2.38 bits per heavy atom. The highest BCUT2D eigenvalue weighted by Gasteiger charge is 2.56. The third-order valence-electron chi connectivity index (χ3n) is 4.50. The summed E-state index contributed by atoms with van der Waals surface area (Å²) in [7, 11) is 0. The van der Waals surface area contributed by atoms with Gasteiger partial charge in [-0.25, -0.2) is 0 Å². The van der Waals surface area contributed by atoms with Crippen molar-refractivity contribution in [2.45, 2.75) is 64.6 Å². The molecule has 0 aromatic carbocycles. The van der Waals surface area contributed by atoms with Crippen molar-refractivity contribution < 1.29 is 14.9 Å². The van der Waals surface area contributed by atoms with E-state index in [0.29, 0.717) is 6.54 Å². The second-order valence-electron chi connectivity index (χ2n) is 5.32. The fraction of sp³-hybridized carbons (Fsp3) is 0.917. The molecular formula is C12H24N2O2+. The summed E-state index contributed by atoms with van der Waals surface area (Å²) in [5.74, 6) is 0. The third-order valence-corrected chi connectivity index (χ3v) is 4.50. The lowest BCUT2D eigenvalue weighted by atomic mass is 9.80. The molecule has 4 heteroatoms. The summed E-state index contributed by atoms with van der Waals surface area (Å²) in [6, 6.07) is 0.0274. The van der Waals surface area contributed by atoms with E-state index in [0.717, 1.165) is 19.2 Å². The SMILES string of the molecule is CCC1(C)C[N+](=CO)C(C)C(C)(CC)N1[O]. The Balaban J connectivity index is 3.18. The van der Waals surface area contributed by atoms with Crippen LogP contribution in [0.5, 0.6) is 0 Å². The van der Waals surface area contributed by atoms with E-state index in [-0.39, 0.29) is 6.04 Å². The van der Waals surface area contributed by atoms with Gasteiger partial charge in [-0.15, -0.1) is 10.3 Å². The maximum Gasteiger partial charge on any atom is 0.321 e. The highest BCUT2D eigenvalue weighted by atomic mass is 16.5. The molecule has 3 atom stereocenters. The van der Waals surface area contributed by atoms with Crippen molar-refractivity contribution in [3.8, 4) is 0 Å². The van der Waals surface area contributed by atoms with Crippen LogP contribution in [0.25, 0.3) is 0 Å². The van der Waals surface area contributed by atoms with Gasteiger partial charge in [0.1, 0.15) is 11.1 Å². The molecule has 1 heterocycles. The van der Waals surface area contributed by atoms with Crippen molar-refractivity contribution in [2.75, 3.05) is 6.54 Å². The summed E-state index contributed by atoms with van der Waals surface area (Å²) in [4.78, 5) is 0. The van der Waals surface area contributed by atoms with Crippen LogP contribution in [0, 0.1) is 0 Å². The predicted octanol–water partition coefficient (Wildman–Crippen LogP) is 1.97. The lowest BCUT2D eigenvalue weighted by Gasteiger charge is -2.49. The average Bonchev–Trinajstić information content (AvgIpc) is 2.31. The van der Waals surface area contributed by atoms with Crippen molar-refractivity contribution in [3.63, 3.8) is 0 Å². The van der Waals surface area contributed by atoms with Gasteiger partial charge in [0.2, 0.25) is 0 Å². The maximum atomic E-state index is 12.5. The van der Waals surface area contributed by atoms with Crippen LogP contribution >= 0.6 is 0 Å². The number of hydrogen-bond donors (Lipinski definition) is 1. The summed E-state index contributed by atoms with van der Waals surface area (Å²) in [5, 5.41) is 23.0. The number of rotatable bonds is 2. The number of hydrogen-bond acceptors (Lipinski definition) is 1. The van der Waals surface area contributed by atoms with Gasteiger partial charge < -0.3 is 5.11 Å². The van der Waals surface area contributed by atoms with Gasteiger partial charge in [-0.05, 0) is 33.6 Å². The quantitative estimate of drug-likeness (QED) is 0.580. The van der Waals surface area contributed by atoms with Crippen molar-refractivity contribution in [2.24, 2.45) is 0 Å². The molecule has 0 aliphatic carbocycles. The molecule has 93 valence electrons. The number of aliphatic hydroxyl groups excluding tert-OH is 1. The number of aliphatic hydroxyl groups is 1. The zero-order valence-electron chi connectivity index (χ0n) is 11.0. The Morgan fingerprint density at radius 2 is 2.00 bits per heavy atom. The third kappa shape index (κ3) is 1.74. The lowest BCUT2D eigenvalue weighted by molar-refractivity contribution is -0.627. The number of nitrogens with zero attached hydrogens (tertiary/aromatic N) is 2. The van der Waals surface area contributed by atoms with Crippen LogP contribution in [-0.2, 0) is 5.21 Å². The first kappa shape index (κ1) is 13.5. The highest BCUT2D eigenvalue weighted by Crippen LogP contribution is 2.37. The Labute approximate surface area is 98.2 Å². The van der Waals surface area contributed by atoms with E-state index in [1.807, 2.05) is 39.2 Å². The van der Waals surface area contributed by atoms with Gasteiger partial charge in [-0.1, -0.05) is 13.8 Å². The molecule has 16 heavy (non-hydrogen) atoms. The molecule has 0 saturated carbocycles. The van der Waals surface area contributed by atoms with E-state index < -0.39 is 11.1 Å². The van der Waals surface area contributed by atoms with Gasteiger partial charge in [-0.2, -0.15) is 4.58 Å². The average molecular weight is 228 g/mol. The molecule has 0 spiro atoms. The Morgan fingerprint density at radius 1 is 1.44 bits per heavy atom. The minimum absolute atomic E-state index is 0.0274. The molecule has 1 aliphatic heterocycles. The van der Waals surface area contributed by atoms with Crippen LogP contribution in [0.15, 0.2) is 0 Å². The Kier molecular flexibility index (Phi) is 3.65. The fourth-order valence-corrected chi connectivity index (χ4v) is 2.57. The Hall–Kier alpha value is -0.610. The summed E-state index contributed by atoms with van der Waals surface area (Å²) in [6.07, 6.45) is 2.68. The summed E-state index contributed by atoms with van der Waals surface area (Å²) >= 11 is 0.